The van der Waals surface area contributed by atoms with Crippen LogP contribution in [0, 0.1) is 5.82 Å². The first-order valence-electron chi connectivity index (χ1n) is 6.76. The summed E-state index contributed by atoms with van der Waals surface area (Å²) in [5.74, 6) is 0.802. The maximum Gasteiger partial charge on any atom is 0.343 e. The molecule has 114 valence electrons. The molecule has 0 saturated heterocycles. The Morgan fingerprint density at radius 3 is 3.00 bits per heavy atom. The average Bonchev–Trinajstić information content (AvgIpc) is 2.83. The highest BCUT2D eigenvalue weighted by Gasteiger charge is 2.11. The van der Waals surface area contributed by atoms with E-state index in [1.54, 1.807) is 17.7 Å². The largest absolute Gasteiger partial charge is 0.496 e. The summed E-state index contributed by atoms with van der Waals surface area (Å²) in [6.45, 7) is 2.70. The number of methoxy groups -OCH3 is 1. The Hall–Kier alpha value is -1.76. The highest BCUT2D eigenvalue weighted by atomic mass is 32.2. The number of hydrogen-bond acceptors (Lipinski definition) is 4. The van der Waals surface area contributed by atoms with Crippen LogP contribution in [0.3, 0.4) is 0 Å². The second-order valence-electron chi connectivity index (χ2n) is 4.56. The van der Waals surface area contributed by atoms with Gasteiger partial charge in [0, 0.05) is 17.9 Å². The predicted molar refractivity (Wildman–Crippen MR) is 80.3 cm³/mol. The smallest absolute Gasteiger partial charge is 0.343 e. The molecule has 21 heavy (non-hydrogen) atoms. The first-order chi connectivity index (χ1) is 10.2. The Balaban J connectivity index is 2.13. The number of unbranched alkanes of at least 4 members (excludes halogenated alkanes) is 1. The van der Waals surface area contributed by atoms with Crippen LogP contribution >= 0.6 is 11.8 Å². The second kappa shape index (κ2) is 7.31. The third-order valence-electron chi connectivity index (χ3n) is 3.06. The molecule has 1 aromatic carbocycles. The van der Waals surface area contributed by atoms with Gasteiger partial charge in [0.15, 0.2) is 5.16 Å². The van der Waals surface area contributed by atoms with Crippen molar-refractivity contribution in [3.8, 4) is 5.75 Å². The minimum atomic E-state index is -0.309. The third-order valence-corrected chi connectivity index (χ3v) is 4.08. The molecule has 0 amide bonds. The van der Waals surface area contributed by atoms with Gasteiger partial charge in [-0.15, -0.1) is 5.10 Å². The third kappa shape index (κ3) is 3.87. The fraction of sp³-hybridized carbons (Fsp3) is 0.429. The number of ether oxygens (including phenoxy) is 1. The lowest BCUT2D eigenvalue weighted by molar-refractivity contribution is 0.410. The standard InChI is InChI=1S/C14H18FN3O2S/c1-3-4-7-18-13(19)16-17-14(18)21-9-10-8-11(15)5-6-12(10)20-2/h5-6,8H,3-4,7,9H2,1-2H3,(H,16,19). The molecule has 0 aliphatic rings. The van der Waals surface area contributed by atoms with Gasteiger partial charge in [-0.3, -0.25) is 4.57 Å². The van der Waals surface area contributed by atoms with Crippen molar-refractivity contribution in [1.29, 1.82) is 0 Å². The normalized spacial score (nSPS) is 10.8. The van der Waals surface area contributed by atoms with Crippen LogP contribution in [-0.2, 0) is 12.3 Å². The molecule has 0 aliphatic carbocycles. The zero-order valence-electron chi connectivity index (χ0n) is 12.1. The number of halogens is 1. The van der Waals surface area contributed by atoms with Crippen LogP contribution in [0.2, 0.25) is 0 Å². The monoisotopic (exact) mass is 311 g/mol. The zero-order chi connectivity index (χ0) is 15.2. The second-order valence-corrected chi connectivity index (χ2v) is 5.50. The average molecular weight is 311 g/mol. The molecule has 2 aromatic rings. The lowest BCUT2D eigenvalue weighted by atomic mass is 10.2. The summed E-state index contributed by atoms with van der Waals surface area (Å²) in [5, 5.41) is 7.08. The van der Waals surface area contributed by atoms with Crippen molar-refractivity contribution in [1.82, 2.24) is 14.8 Å². The van der Waals surface area contributed by atoms with Gasteiger partial charge in [0.2, 0.25) is 0 Å². The van der Waals surface area contributed by atoms with E-state index in [4.69, 9.17) is 4.74 Å². The van der Waals surface area contributed by atoms with E-state index in [1.807, 2.05) is 0 Å². The molecule has 7 heteroatoms. The van der Waals surface area contributed by atoms with Gasteiger partial charge in [-0.2, -0.15) is 0 Å². The van der Waals surface area contributed by atoms with Crippen LogP contribution in [0.4, 0.5) is 4.39 Å². The molecular weight excluding hydrogens is 293 g/mol. The Morgan fingerprint density at radius 1 is 1.48 bits per heavy atom. The van der Waals surface area contributed by atoms with Crippen LogP contribution in [0.15, 0.2) is 28.2 Å². The molecule has 1 heterocycles. The molecule has 2 rings (SSSR count). The van der Waals surface area contributed by atoms with Gasteiger partial charge in [0.1, 0.15) is 11.6 Å². The summed E-state index contributed by atoms with van der Waals surface area (Å²) in [6.07, 6.45) is 1.91. The van der Waals surface area contributed by atoms with Crippen LogP contribution < -0.4 is 10.4 Å². The maximum atomic E-state index is 13.3. The van der Waals surface area contributed by atoms with Crippen LogP contribution in [0.1, 0.15) is 25.3 Å². The van der Waals surface area contributed by atoms with Crippen molar-refractivity contribution in [3.05, 3.63) is 40.1 Å². The quantitative estimate of drug-likeness (QED) is 0.799. The van der Waals surface area contributed by atoms with Gasteiger partial charge in [-0.1, -0.05) is 25.1 Å². The minimum Gasteiger partial charge on any atom is -0.496 e. The van der Waals surface area contributed by atoms with Crippen molar-refractivity contribution >= 4 is 11.8 Å². The number of rotatable bonds is 7. The van der Waals surface area contributed by atoms with Gasteiger partial charge in [0.05, 0.1) is 7.11 Å². The Kier molecular flexibility index (Phi) is 5.44. The Labute approximate surface area is 126 Å². The fourth-order valence-corrected chi connectivity index (χ4v) is 2.88. The summed E-state index contributed by atoms with van der Waals surface area (Å²) in [7, 11) is 1.55. The van der Waals surface area contributed by atoms with E-state index in [-0.39, 0.29) is 11.5 Å². The van der Waals surface area contributed by atoms with E-state index < -0.39 is 0 Å². The van der Waals surface area contributed by atoms with E-state index in [2.05, 4.69) is 17.1 Å². The van der Waals surface area contributed by atoms with Crippen LogP contribution in [-0.4, -0.2) is 21.9 Å². The molecule has 0 saturated carbocycles. The van der Waals surface area contributed by atoms with Crippen molar-refractivity contribution in [3.63, 3.8) is 0 Å². The molecule has 0 aliphatic heterocycles. The van der Waals surface area contributed by atoms with E-state index in [9.17, 15) is 9.18 Å². The van der Waals surface area contributed by atoms with E-state index in [0.29, 0.717) is 23.2 Å². The fourth-order valence-electron chi connectivity index (χ4n) is 1.93. The molecule has 0 unspecified atom stereocenters. The number of hydrogen-bond donors (Lipinski definition) is 1. The molecule has 0 radical (unpaired) electrons. The summed E-state index contributed by atoms with van der Waals surface area (Å²) in [6, 6.07) is 4.39. The summed E-state index contributed by atoms with van der Waals surface area (Å²) < 4.78 is 20.1. The van der Waals surface area contributed by atoms with Gasteiger partial charge in [-0.25, -0.2) is 14.3 Å². The van der Waals surface area contributed by atoms with Gasteiger partial charge in [0.25, 0.3) is 0 Å². The first kappa shape index (κ1) is 15.6. The maximum absolute atomic E-state index is 13.3. The number of nitrogens with zero attached hydrogens (tertiary/aromatic N) is 2. The summed E-state index contributed by atoms with van der Waals surface area (Å²) in [5.41, 5.74) is 0.525. The number of nitrogens with one attached hydrogen (secondary N) is 1. The number of aromatic nitrogens is 3. The summed E-state index contributed by atoms with van der Waals surface area (Å²) in [4.78, 5) is 11.7. The SMILES string of the molecule is CCCCn1c(SCc2cc(F)ccc2OC)n[nH]c1=O. The van der Waals surface area contributed by atoms with Crippen molar-refractivity contribution in [2.75, 3.05) is 7.11 Å². The number of benzene rings is 1. The molecule has 0 bridgehead atoms. The van der Waals surface area contributed by atoms with Gasteiger partial charge in [-0.05, 0) is 24.6 Å². The van der Waals surface area contributed by atoms with Crippen LogP contribution in [0.25, 0.3) is 0 Å². The molecule has 0 spiro atoms. The highest BCUT2D eigenvalue weighted by molar-refractivity contribution is 7.98. The molecule has 0 fully saturated rings. The van der Waals surface area contributed by atoms with Crippen molar-refractivity contribution < 1.29 is 9.13 Å². The number of aromatic amines is 1. The number of thioether (sulfide) groups is 1. The topological polar surface area (TPSA) is 59.9 Å². The molecule has 1 N–H and O–H groups in total. The molecule has 0 atom stereocenters. The van der Waals surface area contributed by atoms with Gasteiger partial charge >= 0.3 is 5.69 Å². The van der Waals surface area contributed by atoms with E-state index in [1.165, 1.54) is 23.9 Å². The molecular formula is C14H18FN3O2S. The van der Waals surface area contributed by atoms with Crippen molar-refractivity contribution in [2.45, 2.75) is 37.2 Å². The molecule has 5 nitrogen and oxygen atoms in total. The number of H-pyrrole nitrogens is 1. The van der Waals surface area contributed by atoms with Crippen molar-refractivity contribution in [2.24, 2.45) is 0 Å². The Bertz CT molecular complexity index is 654. The van der Waals surface area contributed by atoms with Crippen LogP contribution in [0.5, 0.6) is 5.75 Å². The predicted octanol–water partition coefficient (Wildman–Crippen LogP) is 2.81. The van der Waals surface area contributed by atoms with Gasteiger partial charge < -0.3 is 4.74 Å². The first-order valence-corrected chi connectivity index (χ1v) is 7.74. The molecule has 1 aromatic heterocycles. The summed E-state index contributed by atoms with van der Waals surface area (Å²) >= 11 is 1.38. The Morgan fingerprint density at radius 2 is 2.29 bits per heavy atom. The minimum absolute atomic E-state index is 0.211. The van der Waals surface area contributed by atoms with E-state index in [0.717, 1.165) is 18.4 Å². The van der Waals surface area contributed by atoms with E-state index >= 15 is 0 Å². The lowest BCUT2D eigenvalue weighted by Crippen LogP contribution is -2.17. The zero-order valence-corrected chi connectivity index (χ0v) is 12.9. The lowest BCUT2D eigenvalue weighted by Gasteiger charge is -2.08. The highest BCUT2D eigenvalue weighted by Crippen LogP contribution is 2.27.